The van der Waals surface area contributed by atoms with Gasteiger partial charge in [0.15, 0.2) is 5.78 Å². The molecule has 3 aromatic carbocycles. The smallest absolute Gasteiger partial charge is 0.220 e. The molecule has 3 atom stereocenters. The van der Waals surface area contributed by atoms with Gasteiger partial charge in [-0.3, -0.25) is 9.59 Å². The van der Waals surface area contributed by atoms with E-state index >= 15 is 0 Å². The van der Waals surface area contributed by atoms with E-state index in [1.807, 2.05) is 72.8 Å². The van der Waals surface area contributed by atoms with Crippen molar-refractivity contribution in [2.75, 3.05) is 0 Å². The Morgan fingerprint density at radius 2 is 1.45 bits per heavy atom. The van der Waals surface area contributed by atoms with Crippen LogP contribution in [-0.2, 0) is 16.1 Å². The van der Waals surface area contributed by atoms with Gasteiger partial charge in [-0.15, -0.1) is 0 Å². The number of amides is 1. The van der Waals surface area contributed by atoms with Gasteiger partial charge in [0.05, 0.1) is 24.9 Å². The Labute approximate surface area is 194 Å². The first-order valence-electron chi connectivity index (χ1n) is 11.4. The van der Waals surface area contributed by atoms with Gasteiger partial charge in [0.1, 0.15) is 0 Å². The summed E-state index contributed by atoms with van der Waals surface area (Å²) in [4.78, 5) is 24.9. The molecule has 170 valence electrons. The zero-order chi connectivity index (χ0) is 23.0. The van der Waals surface area contributed by atoms with Gasteiger partial charge in [-0.25, -0.2) is 0 Å². The van der Waals surface area contributed by atoms with Crippen LogP contribution >= 0.6 is 0 Å². The van der Waals surface area contributed by atoms with Gasteiger partial charge in [-0.05, 0) is 23.1 Å². The van der Waals surface area contributed by atoms with Gasteiger partial charge in [0, 0.05) is 24.8 Å². The average Bonchev–Trinajstić information content (AvgIpc) is 3.21. The van der Waals surface area contributed by atoms with E-state index in [1.54, 1.807) is 12.1 Å². The summed E-state index contributed by atoms with van der Waals surface area (Å²) < 4.78 is 5.90. The molecule has 0 spiro atoms. The topological polar surface area (TPSA) is 75.6 Å². The summed E-state index contributed by atoms with van der Waals surface area (Å²) in [5.74, 6) is -0.294. The Bertz CT molecular complexity index is 1050. The minimum absolute atomic E-state index is 0.0687. The van der Waals surface area contributed by atoms with Crippen LogP contribution in [0.3, 0.4) is 0 Å². The SMILES string of the molecule is O=C(CCC(=O)c1ccc(-c2ccccc2)cc1)N[C@H]1C[C@H](OCc2ccccc2)C[C@@H]1O. The van der Waals surface area contributed by atoms with Crippen molar-refractivity contribution < 1.29 is 19.4 Å². The quantitative estimate of drug-likeness (QED) is 0.476. The van der Waals surface area contributed by atoms with E-state index in [0.717, 1.165) is 16.7 Å². The monoisotopic (exact) mass is 443 g/mol. The number of ether oxygens (including phenoxy) is 1. The third-order valence-electron chi connectivity index (χ3n) is 6.05. The number of nitrogens with one attached hydrogen (secondary N) is 1. The Hall–Kier alpha value is -3.28. The van der Waals surface area contributed by atoms with Crippen LogP contribution in [0.5, 0.6) is 0 Å². The minimum atomic E-state index is -0.643. The summed E-state index contributed by atoms with van der Waals surface area (Å²) in [6, 6.07) is 27.0. The summed E-state index contributed by atoms with van der Waals surface area (Å²) >= 11 is 0. The van der Waals surface area contributed by atoms with E-state index in [0.29, 0.717) is 25.0 Å². The molecule has 33 heavy (non-hydrogen) atoms. The van der Waals surface area contributed by atoms with E-state index in [9.17, 15) is 14.7 Å². The third-order valence-corrected chi connectivity index (χ3v) is 6.05. The number of carbonyl (C=O) groups is 2. The van der Waals surface area contributed by atoms with Crippen LogP contribution in [0.2, 0.25) is 0 Å². The Kier molecular flexibility index (Phi) is 7.66. The number of Topliss-reactive ketones (excluding diaryl/α,β-unsaturated/α-hetero) is 1. The van der Waals surface area contributed by atoms with Crippen LogP contribution < -0.4 is 5.32 Å². The summed E-state index contributed by atoms with van der Waals surface area (Å²) in [5.41, 5.74) is 3.81. The predicted molar refractivity (Wildman–Crippen MR) is 128 cm³/mol. The van der Waals surface area contributed by atoms with E-state index in [1.165, 1.54) is 0 Å². The summed E-state index contributed by atoms with van der Waals surface area (Å²) in [6.45, 7) is 0.483. The molecule has 1 amide bonds. The van der Waals surface area contributed by atoms with Crippen molar-refractivity contribution in [1.29, 1.82) is 0 Å². The van der Waals surface area contributed by atoms with Crippen molar-refractivity contribution in [3.05, 3.63) is 96.1 Å². The van der Waals surface area contributed by atoms with E-state index in [-0.39, 0.29) is 36.7 Å². The molecule has 0 saturated heterocycles. The van der Waals surface area contributed by atoms with Gasteiger partial charge in [0.2, 0.25) is 5.91 Å². The molecule has 1 aliphatic carbocycles. The Morgan fingerprint density at radius 3 is 2.15 bits per heavy atom. The molecule has 0 aromatic heterocycles. The number of hydrogen-bond donors (Lipinski definition) is 2. The third kappa shape index (κ3) is 6.37. The largest absolute Gasteiger partial charge is 0.391 e. The van der Waals surface area contributed by atoms with E-state index < -0.39 is 6.10 Å². The molecule has 1 fully saturated rings. The van der Waals surface area contributed by atoms with Crippen molar-refractivity contribution in [3.63, 3.8) is 0 Å². The van der Waals surface area contributed by atoms with Gasteiger partial charge in [-0.1, -0.05) is 84.9 Å². The zero-order valence-corrected chi connectivity index (χ0v) is 18.5. The Balaban J connectivity index is 1.21. The molecule has 1 saturated carbocycles. The summed E-state index contributed by atoms with van der Waals surface area (Å²) in [5, 5.41) is 13.2. The molecular weight excluding hydrogens is 414 g/mol. The zero-order valence-electron chi connectivity index (χ0n) is 18.5. The standard InChI is InChI=1S/C28H29NO4/c30-26(23-13-11-22(12-14-23)21-9-5-2-6-10-21)15-16-28(32)29-25-17-24(18-27(25)31)33-19-20-7-3-1-4-8-20/h1-14,24-25,27,31H,15-19H2,(H,29,32)/t24-,25-,27-/m0/s1. The van der Waals surface area contributed by atoms with Crippen LogP contribution in [0.15, 0.2) is 84.9 Å². The molecule has 5 nitrogen and oxygen atoms in total. The Morgan fingerprint density at radius 1 is 0.818 bits per heavy atom. The second-order valence-electron chi connectivity index (χ2n) is 8.50. The van der Waals surface area contributed by atoms with Gasteiger partial charge < -0.3 is 15.2 Å². The minimum Gasteiger partial charge on any atom is -0.391 e. The second kappa shape index (κ2) is 11.0. The highest BCUT2D eigenvalue weighted by Gasteiger charge is 2.34. The maximum Gasteiger partial charge on any atom is 0.220 e. The molecule has 5 heteroatoms. The summed E-state index contributed by atoms with van der Waals surface area (Å²) in [7, 11) is 0. The highest BCUT2D eigenvalue weighted by molar-refractivity contribution is 5.98. The fourth-order valence-electron chi connectivity index (χ4n) is 4.18. The maximum atomic E-state index is 12.5. The van der Waals surface area contributed by atoms with Crippen LogP contribution in [0, 0.1) is 0 Å². The number of hydrogen-bond acceptors (Lipinski definition) is 4. The lowest BCUT2D eigenvalue weighted by Gasteiger charge is -2.16. The molecule has 0 radical (unpaired) electrons. The number of benzene rings is 3. The first-order valence-corrected chi connectivity index (χ1v) is 11.4. The van der Waals surface area contributed by atoms with E-state index in [2.05, 4.69) is 5.32 Å². The van der Waals surface area contributed by atoms with Crippen molar-refractivity contribution in [1.82, 2.24) is 5.32 Å². The maximum absolute atomic E-state index is 12.5. The summed E-state index contributed by atoms with van der Waals surface area (Å²) in [6.07, 6.45) is 0.538. The number of carbonyl (C=O) groups excluding carboxylic acids is 2. The van der Waals surface area contributed by atoms with Crippen LogP contribution in [0.25, 0.3) is 11.1 Å². The van der Waals surface area contributed by atoms with Gasteiger partial charge >= 0.3 is 0 Å². The first-order chi connectivity index (χ1) is 16.1. The lowest BCUT2D eigenvalue weighted by atomic mass is 10.0. The second-order valence-corrected chi connectivity index (χ2v) is 8.50. The highest BCUT2D eigenvalue weighted by atomic mass is 16.5. The van der Waals surface area contributed by atoms with Crippen LogP contribution in [0.4, 0.5) is 0 Å². The van der Waals surface area contributed by atoms with Crippen LogP contribution in [0.1, 0.15) is 41.6 Å². The molecule has 0 heterocycles. The lowest BCUT2D eigenvalue weighted by Crippen LogP contribution is -2.40. The lowest BCUT2D eigenvalue weighted by molar-refractivity contribution is -0.122. The number of aliphatic hydroxyl groups excluding tert-OH is 1. The predicted octanol–water partition coefficient (Wildman–Crippen LogP) is 4.54. The van der Waals surface area contributed by atoms with Crippen molar-refractivity contribution in [3.8, 4) is 11.1 Å². The van der Waals surface area contributed by atoms with Crippen LogP contribution in [-0.4, -0.2) is 35.0 Å². The fraction of sp³-hybridized carbons (Fsp3) is 0.286. The number of rotatable bonds is 9. The molecule has 4 rings (SSSR count). The molecule has 0 unspecified atom stereocenters. The molecule has 1 aliphatic rings. The van der Waals surface area contributed by atoms with Crippen molar-refractivity contribution in [2.45, 2.75) is 50.5 Å². The molecule has 0 aliphatic heterocycles. The normalized spacial score (nSPS) is 19.8. The van der Waals surface area contributed by atoms with Gasteiger partial charge in [0.25, 0.3) is 0 Å². The van der Waals surface area contributed by atoms with E-state index in [4.69, 9.17) is 4.74 Å². The number of aliphatic hydroxyl groups is 1. The average molecular weight is 444 g/mol. The van der Waals surface area contributed by atoms with Crippen molar-refractivity contribution >= 4 is 11.7 Å². The molecule has 2 N–H and O–H groups in total. The molecule has 0 bridgehead atoms. The number of ketones is 1. The molecular formula is C28H29NO4. The fourth-order valence-corrected chi connectivity index (χ4v) is 4.18. The van der Waals surface area contributed by atoms with Gasteiger partial charge in [-0.2, -0.15) is 0 Å². The highest BCUT2D eigenvalue weighted by Crippen LogP contribution is 2.24. The first kappa shape index (κ1) is 22.9. The molecule has 3 aromatic rings. The van der Waals surface area contributed by atoms with Crippen molar-refractivity contribution in [2.24, 2.45) is 0 Å².